The predicted molar refractivity (Wildman–Crippen MR) is 62.7 cm³/mol. The second-order valence-corrected chi connectivity index (χ2v) is 4.58. The number of rotatable bonds is 2. The maximum absolute atomic E-state index is 13.7. The maximum Gasteiger partial charge on any atom is 0.169 e. The molecule has 1 aromatic carbocycles. The minimum Gasteiger partial charge on any atom is -0.381 e. The smallest absolute Gasteiger partial charge is 0.169 e. The Bertz CT molecular complexity index is 577. The molecule has 0 saturated heterocycles. The molecule has 3 rings (SSSR count). The van der Waals surface area contributed by atoms with Gasteiger partial charge in [0.15, 0.2) is 5.82 Å². The molecular formula is C11H10ClFN4. The van der Waals surface area contributed by atoms with E-state index >= 15 is 0 Å². The van der Waals surface area contributed by atoms with Gasteiger partial charge in [0.05, 0.1) is 5.69 Å². The van der Waals surface area contributed by atoms with Crippen LogP contribution in [0.2, 0.25) is 5.02 Å². The summed E-state index contributed by atoms with van der Waals surface area (Å²) in [6, 6.07) is 4.33. The number of anilines is 1. The topological polar surface area (TPSA) is 56.7 Å². The highest BCUT2D eigenvalue weighted by Gasteiger charge is 2.31. The van der Waals surface area contributed by atoms with Crippen LogP contribution in [0.5, 0.6) is 0 Å². The van der Waals surface area contributed by atoms with Crippen molar-refractivity contribution in [1.29, 1.82) is 0 Å². The number of benzene rings is 1. The molecule has 1 saturated carbocycles. The molecule has 1 heterocycles. The van der Waals surface area contributed by atoms with E-state index in [0.717, 1.165) is 18.5 Å². The summed E-state index contributed by atoms with van der Waals surface area (Å²) in [4.78, 5) is 0. The van der Waals surface area contributed by atoms with Gasteiger partial charge in [-0.15, -0.1) is 5.10 Å². The molecule has 2 N–H and O–H groups in total. The highest BCUT2D eigenvalue weighted by molar-refractivity contribution is 6.30. The van der Waals surface area contributed by atoms with E-state index in [-0.39, 0.29) is 5.82 Å². The summed E-state index contributed by atoms with van der Waals surface area (Å²) in [6.45, 7) is 0. The van der Waals surface area contributed by atoms with E-state index in [1.54, 1.807) is 0 Å². The summed E-state index contributed by atoms with van der Waals surface area (Å²) >= 11 is 5.86. The first kappa shape index (κ1) is 10.5. The first-order chi connectivity index (χ1) is 8.16. The Morgan fingerprint density at radius 3 is 2.88 bits per heavy atom. The van der Waals surface area contributed by atoms with Gasteiger partial charge in [-0.25, -0.2) is 9.07 Å². The van der Waals surface area contributed by atoms with E-state index in [1.807, 2.05) is 0 Å². The van der Waals surface area contributed by atoms with Gasteiger partial charge in [0, 0.05) is 10.9 Å². The van der Waals surface area contributed by atoms with Crippen molar-refractivity contribution >= 4 is 17.4 Å². The van der Waals surface area contributed by atoms with Gasteiger partial charge in [0.2, 0.25) is 0 Å². The molecule has 2 aromatic rings. The average molecular weight is 253 g/mol. The lowest BCUT2D eigenvalue weighted by Gasteiger charge is -2.07. The van der Waals surface area contributed by atoms with Crippen LogP contribution < -0.4 is 5.73 Å². The standard InChI is InChI=1S/C11H10ClFN4/c12-7-3-4-8(13)9(5-7)17-10(6-1-2-6)11(14)15-16-17/h3-6H,1-2,14H2. The number of hydrogen-bond donors (Lipinski definition) is 1. The zero-order valence-electron chi connectivity index (χ0n) is 8.90. The highest BCUT2D eigenvalue weighted by Crippen LogP contribution is 2.42. The van der Waals surface area contributed by atoms with Crippen molar-refractivity contribution in [3.8, 4) is 5.69 Å². The van der Waals surface area contributed by atoms with Crippen molar-refractivity contribution in [3.05, 3.63) is 34.7 Å². The largest absolute Gasteiger partial charge is 0.381 e. The van der Waals surface area contributed by atoms with Crippen LogP contribution in [0, 0.1) is 5.82 Å². The lowest BCUT2D eigenvalue weighted by molar-refractivity contribution is 0.602. The van der Waals surface area contributed by atoms with E-state index in [9.17, 15) is 4.39 Å². The SMILES string of the molecule is Nc1nnn(-c2cc(Cl)ccc2F)c1C1CC1. The van der Waals surface area contributed by atoms with Gasteiger partial charge in [-0.1, -0.05) is 16.8 Å². The number of nitrogens with two attached hydrogens (primary N) is 1. The minimum atomic E-state index is -0.388. The Morgan fingerprint density at radius 1 is 1.41 bits per heavy atom. The Morgan fingerprint density at radius 2 is 2.18 bits per heavy atom. The van der Waals surface area contributed by atoms with E-state index in [4.69, 9.17) is 17.3 Å². The molecule has 6 heteroatoms. The molecule has 0 atom stereocenters. The van der Waals surface area contributed by atoms with Gasteiger partial charge in [0.25, 0.3) is 0 Å². The molecule has 0 radical (unpaired) electrons. The second kappa shape index (κ2) is 3.70. The van der Waals surface area contributed by atoms with E-state index < -0.39 is 0 Å². The van der Waals surface area contributed by atoms with Crippen LogP contribution in [0.3, 0.4) is 0 Å². The fourth-order valence-electron chi connectivity index (χ4n) is 1.87. The predicted octanol–water partition coefficient (Wildman–Crippen LogP) is 2.52. The lowest BCUT2D eigenvalue weighted by Crippen LogP contribution is -2.05. The number of halogens is 2. The van der Waals surface area contributed by atoms with Crippen LogP contribution in [0.15, 0.2) is 18.2 Å². The Hall–Kier alpha value is -1.62. The summed E-state index contributed by atoms with van der Waals surface area (Å²) in [7, 11) is 0. The van der Waals surface area contributed by atoms with Crippen molar-refractivity contribution in [2.45, 2.75) is 18.8 Å². The second-order valence-electron chi connectivity index (χ2n) is 4.14. The lowest BCUT2D eigenvalue weighted by atomic mass is 10.2. The number of nitrogens with zero attached hydrogens (tertiary/aromatic N) is 3. The van der Waals surface area contributed by atoms with E-state index in [1.165, 1.54) is 22.9 Å². The van der Waals surface area contributed by atoms with E-state index in [2.05, 4.69) is 10.3 Å². The quantitative estimate of drug-likeness (QED) is 0.894. The maximum atomic E-state index is 13.7. The van der Waals surface area contributed by atoms with Gasteiger partial charge in [-0.2, -0.15) is 0 Å². The summed E-state index contributed by atoms with van der Waals surface area (Å²) in [5.74, 6) is 0.316. The number of hydrogen-bond acceptors (Lipinski definition) is 3. The van der Waals surface area contributed by atoms with Crippen LogP contribution in [0.1, 0.15) is 24.5 Å². The molecule has 1 fully saturated rings. The summed E-state index contributed by atoms with van der Waals surface area (Å²) in [5, 5.41) is 8.15. The molecule has 4 nitrogen and oxygen atoms in total. The third kappa shape index (κ3) is 1.76. The Balaban J connectivity index is 2.17. The van der Waals surface area contributed by atoms with Crippen molar-refractivity contribution in [2.75, 3.05) is 5.73 Å². The summed E-state index contributed by atoms with van der Waals surface area (Å²) < 4.78 is 15.2. The molecular weight excluding hydrogens is 243 g/mol. The molecule has 0 spiro atoms. The number of aromatic nitrogens is 3. The van der Waals surface area contributed by atoms with Gasteiger partial charge in [-0.05, 0) is 31.0 Å². The molecule has 17 heavy (non-hydrogen) atoms. The third-order valence-electron chi connectivity index (χ3n) is 2.83. The van der Waals surface area contributed by atoms with Crippen LogP contribution >= 0.6 is 11.6 Å². The van der Waals surface area contributed by atoms with Crippen molar-refractivity contribution in [1.82, 2.24) is 15.0 Å². The van der Waals surface area contributed by atoms with Crippen molar-refractivity contribution in [3.63, 3.8) is 0 Å². The monoisotopic (exact) mass is 252 g/mol. The fraction of sp³-hybridized carbons (Fsp3) is 0.273. The molecule has 0 unspecified atom stereocenters. The Kier molecular flexibility index (Phi) is 2.29. The Labute approximate surface area is 102 Å². The van der Waals surface area contributed by atoms with Gasteiger partial charge in [-0.3, -0.25) is 0 Å². The van der Waals surface area contributed by atoms with Gasteiger partial charge < -0.3 is 5.73 Å². The molecule has 0 aliphatic heterocycles. The molecule has 1 aliphatic carbocycles. The third-order valence-corrected chi connectivity index (χ3v) is 3.07. The zero-order chi connectivity index (χ0) is 12.0. The van der Waals surface area contributed by atoms with Gasteiger partial charge in [0.1, 0.15) is 11.5 Å². The normalized spacial score (nSPS) is 15.2. The van der Waals surface area contributed by atoms with E-state index in [0.29, 0.717) is 22.4 Å². The summed E-state index contributed by atoms with van der Waals surface area (Å²) in [5.41, 5.74) is 6.84. The van der Waals surface area contributed by atoms with Crippen LogP contribution in [0.25, 0.3) is 5.69 Å². The van der Waals surface area contributed by atoms with Crippen molar-refractivity contribution < 1.29 is 4.39 Å². The number of nitrogen functional groups attached to an aromatic ring is 1. The molecule has 1 aliphatic rings. The van der Waals surface area contributed by atoms with Gasteiger partial charge >= 0.3 is 0 Å². The molecule has 88 valence electrons. The van der Waals surface area contributed by atoms with Crippen LogP contribution in [0.4, 0.5) is 10.2 Å². The fourth-order valence-corrected chi connectivity index (χ4v) is 2.03. The van der Waals surface area contributed by atoms with Crippen LogP contribution in [-0.2, 0) is 0 Å². The molecule has 1 aromatic heterocycles. The molecule has 0 amide bonds. The van der Waals surface area contributed by atoms with Crippen LogP contribution in [-0.4, -0.2) is 15.0 Å². The first-order valence-corrected chi connectivity index (χ1v) is 5.71. The summed E-state index contributed by atoms with van der Waals surface area (Å²) in [6.07, 6.45) is 2.08. The van der Waals surface area contributed by atoms with Crippen molar-refractivity contribution in [2.24, 2.45) is 0 Å². The zero-order valence-corrected chi connectivity index (χ0v) is 9.65. The average Bonchev–Trinajstić information content (AvgIpc) is 3.06. The highest BCUT2D eigenvalue weighted by atomic mass is 35.5. The molecule has 0 bridgehead atoms. The minimum absolute atomic E-state index is 0.295. The first-order valence-electron chi connectivity index (χ1n) is 5.33.